The molecule has 0 spiro atoms. The van der Waals surface area contributed by atoms with E-state index in [4.69, 9.17) is 17.3 Å². The Hall–Kier alpha value is -0.670. The van der Waals surface area contributed by atoms with E-state index in [0.29, 0.717) is 12.8 Å². The van der Waals surface area contributed by atoms with Crippen LogP contribution in [0.15, 0.2) is 12.1 Å². The van der Waals surface area contributed by atoms with Crippen molar-refractivity contribution in [3.8, 4) is 0 Å². The Morgan fingerprint density at radius 2 is 2.07 bits per heavy atom. The van der Waals surface area contributed by atoms with Crippen LogP contribution < -0.4 is 5.73 Å². The van der Waals surface area contributed by atoms with E-state index in [1.54, 1.807) is 0 Å². The quantitative estimate of drug-likeness (QED) is 0.794. The molecule has 0 bridgehead atoms. The normalized spacial score (nSPS) is 12.9. The maximum atomic E-state index is 13.3. The van der Waals surface area contributed by atoms with Crippen molar-refractivity contribution >= 4 is 11.6 Å². The van der Waals surface area contributed by atoms with Gasteiger partial charge in [0.25, 0.3) is 0 Å². The van der Waals surface area contributed by atoms with E-state index >= 15 is 0 Å². The van der Waals surface area contributed by atoms with Gasteiger partial charge in [0.05, 0.1) is 0 Å². The van der Waals surface area contributed by atoms with Crippen LogP contribution in [-0.2, 0) is 6.42 Å². The van der Waals surface area contributed by atoms with Gasteiger partial charge in [0.2, 0.25) is 0 Å². The molecular weight excluding hydrogens is 220 g/mol. The topological polar surface area (TPSA) is 26.0 Å². The first-order valence-electron chi connectivity index (χ1n) is 4.94. The summed E-state index contributed by atoms with van der Waals surface area (Å²) >= 11 is 5.78. The zero-order valence-electron chi connectivity index (χ0n) is 8.56. The molecule has 0 saturated carbocycles. The van der Waals surface area contributed by atoms with Gasteiger partial charge in [0.1, 0.15) is 0 Å². The van der Waals surface area contributed by atoms with Crippen LogP contribution >= 0.6 is 11.6 Å². The van der Waals surface area contributed by atoms with E-state index in [1.807, 2.05) is 6.92 Å². The Labute approximate surface area is 93.2 Å². The highest BCUT2D eigenvalue weighted by Gasteiger charge is 2.13. The molecule has 84 valence electrons. The molecule has 0 amide bonds. The lowest BCUT2D eigenvalue weighted by molar-refractivity contribution is 0.492. The largest absolute Gasteiger partial charge is 0.328 e. The summed E-state index contributed by atoms with van der Waals surface area (Å²) in [5, 5.41) is 0.261. The minimum Gasteiger partial charge on any atom is -0.328 e. The molecule has 0 fully saturated rings. The lowest BCUT2D eigenvalue weighted by Gasteiger charge is -2.10. The van der Waals surface area contributed by atoms with E-state index in [9.17, 15) is 8.78 Å². The second kappa shape index (κ2) is 5.42. The van der Waals surface area contributed by atoms with Crippen LogP contribution in [0.4, 0.5) is 8.78 Å². The van der Waals surface area contributed by atoms with Crippen molar-refractivity contribution in [2.75, 3.05) is 0 Å². The first kappa shape index (κ1) is 12.4. The highest BCUT2D eigenvalue weighted by molar-refractivity contribution is 6.31. The third-order valence-electron chi connectivity index (χ3n) is 2.43. The molecule has 4 heteroatoms. The smallest absolute Gasteiger partial charge is 0.163 e. The van der Waals surface area contributed by atoms with Crippen LogP contribution in [0.5, 0.6) is 0 Å². The maximum Gasteiger partial charge on any atom is 0.163 e. The summed E-state index contributed by atoms with van der Waals surface area (Å²) in [6.07, 6.45) is 1.79. The summed E-state index contributed by atoms with van der Waals surface area (Å²) in [7, 11) is 0. The maximum absolute atomic E-state index is 13.3. The van der Waals surface area contributed by atoms with Gasteiger partial charge in [-0.05, 0) is 31.4 Å². The molecule has 2 N–H and O–H groups in total. The lowest BCUT2D eigenvalue weighted by Crippen LogP contribution is -2.19. The summed E-state index contributed by atoms with van der Waals surface area (Å²) in [5.41, 5.74) is 5.92. The molecule has 1 aromatic carbocycles. The van der Waals surface area contributed by atoms with Crippen LogP contribution in [0, 0.1) is 11.6 Å². The van der Waals surface area contributed by atoms with Crippen LogP contribution in [0.3, 0.4) is 0 Å². The van der Waals surface area contributed by atoms with Gasteiger partial charge < -0.3 is 5.73 Å². The first-order chi connectivity index (χ1) is 7.06. The van der Waals surface area contributed by atoms with E-state index in [2.05, 4.69) is 0 Å². The third-order valence-corrected chi connectivity index (χ3v) is 2.78. The summed E-state index contributed by atoms with van der Waals surface area (Å²) in [6.45, 7) is 1.95. The molecule has 1 aromatic rings. The molecule has 0 heterocycles. The molecule has 1 nitrogen and oxygen atoms in total. The molecule has 0 saturated heterocycles. The number of rotatable bonds is 4. The second-order valence-electron chi connectivity index (χ2n) is 3.53. The zero-order chi connectivity index (χ0) is 11.4. The van der Waals surface area contributed by atoms with Gasteiger partial charge in [-0.3, -0.25) is 0 Å². The van der Waals surface area contributed by atoms with Crippen molar-refractivity contribution in [1.82, 2.24) is 0 Å². The third kappa shape index (κ3) is 3.14. The van der Waals surface area contributed by atoms with Crippen molar-refractivity contribution in [3.05, 3.63) is 34.4 Å². The highest BCUT2D eigenvalue weighted by Crippen LogP contribution is 2.23. The fourth-order valence-corrected chi connectivity index (χ4v) is 1.57. The van der Waals surface area contributed by atoms with E-state index < -0.39 is 11.6 Å². The number of benzene rings is 1. The van der Waals surface area contributed by atoms with Crippen molar-refractivity contribution < 1.29 is 8.78 Å². The Bertz CT molecular complexity index is 342. The molecule has 15 heavy (non-hydrogen) atoms. The highest BCUT2D eigenvalue weighted by atomic mass is 35.5. The van der Waals surface area contributed by atoms with Gasteiger partial charge >= 0.3 is 0 Å². The average molecular weight is 234 g/mol. The lowest BCUT2D eigenvalue weighted by atomic mass is 10.0. The van der Waals surface area contributed by atoms with Crippen LogP contribution in [0.2, 0.25) is 5.02 Å². The number of halogens is 3. The minimum atomic E-state index is -0.862. The molecule has 0 aliphatic rings. The van der Waals surface area contributed by atoms with Gasteiger partial charge in [-0.1, -0.05) is 18.5 Å². The summed E-state index contributed by atoms with van der Waals surface area (Å²) in [6, 6.07) is 2.40. The molecule has 1 rings (SSSR count). The van der Waals surface area contributed by atoms with Crippen LogP contribution in [0.1, 0.15) is 25.3 Å². The van der Waals surface area contributed by atoms with Gasteiger partial charge in [-0.2, -0.15) is 0 Å². The molecule has 1 atom stereocenters. The number of hydrogen-bond acceptors (Lipinski definition) is 1. The zero-order valence-corrected chi connectivity index (χ0v) is 9.32. The fourth-order valence-electron chi connectivity index (χ4n) is 1.33. The second-order valence-corrected chi connectivity index (χ2v) is 3.94. The fraction of sp³-hybridized carbons (Fsp3) is 0.455. The van der Waals surface area contributed by atoms with Crippen molar-refractivity contribution in [3.63, 3.8) is 0 Å². The number of hydrogen-bond donors (Lipinski definition) is 1. The predicted molar refractivity (Wildman–Crippen MR) is 58.0 cm³/mol. The first-order valence-corrected chi connectivity index (χ1v) is 5.32. The van der Waals surface area contributed by atoms with Crippen molar-refractivity contribution in [2.24, 2.45) is 5.73 Å². The van der Waals surface area contributed by atoms with Crippen molar-refractivity contribution in [2.45, 2.75) is 32.2 Å². The van der Waals surface area contributed by atoms with Gasteiger partial charge in [0.15, 0.2) is 11.6 Å². The summed E-state index contributed by atoms with van der Waals surface area (Å²) in [5.74, 6) is -1.72. The minimum absolute atomic E-state index is 0.00346. The van der Waals surface area contributed by atoms with E-state index in [0.717, 1.165) is 12.5 Å². The van der Waals surface area contributed by atoms with Crippen molar-refractivity contribution in [1.29, 1.82) is 0 Å². The Morgan fingerprint density at radius 1 is 1.40 bits per heavy atom. The molecule has 0 aliphatic carbocycles. The Kier molecular flexibility index (Phi) is 4.48. The molecular formula is C11H14ClF2N. The van der Waals surface area contributed by atoms with Gasteiger partial charge in [0, 0.05) is 16.6 Å². The number of nitrogens with two attached hydrogens (primary N) is 1. The Balaban J connectivity index is 2.80. The van der Waals surface area contributed by atoms with Gasteiger partial charge in [-0.25, -0.2) is 8.78 Å². The average Bonchev–Trinajstić information content (AvgIpc) is 2.23. The van der Waals surface area contributed by atoms with E-state index in [1.165, 1.54) is 6.07 Å². The van der Waals surface area contributed by atoms with Crippen LogP contribution in [0.25, 0.3) is 0 Å². The SMILES string of the molecule is CCC(N)CCc1c(Cl)ccc(F)c1F. The Morgan fingerprint density at radius 3 is 2.67 bits per heavy atom. The van der Waals surface area contributed by atoms with Gasteiger partial charge in [-0.15, -0.1) is 0 Å². The van der Waals surface area contributed by atoms with E-state index in [-0.39, 0.29) is 16.6 Å². The molecule has 1 unspecified atom stereocenters. The monoisotopic (exact) mass is 233 g/mol. The predicted octanol–water partition coefficient (Wildman–Crippen LogP) is 3.29. The molecule has 0 aromatic heterocycles. The molecule has 0 radical (unpaired) electrons. The molecule has 0 aliphatic heterocycles. The standard InChI is InChI=1S/C11H14ClF2N/c1-2-7(15)3-4-8-9(12)5-6-10(13)11(8)14/h5-7H,2-4,15H2,1H3. The summed E-state index contributed by atoms with van der Waals surface area (Å²) < 4.78 is 26.2. The van der Waals surface area contributed by atoms with Crippen LogP contribution in [-0.4, -0.2) is 6.04 Å². The summed E-state index contributed by atoms with van der Waals surface area (Å²) in [4.78, 5) is 0.